The molecule has 0 aliphatic carbocycles. The number of hydrogen-bond donors (Lipinski definition) is 1. The lowest BCUT2D eigenvalue weighted by molar-refractivity contribution is -0.118. The lowest BCUT2D eigenvalue weighted by Crippen LogP contribution is -2.30. The normalized spacial score (nSPS) is 10.4. The van der Waals surface area contributed by atoms with Crippen LogP contribution in [0.3, 0.4) is 0 Å². The van der Waals surface area contributed by atoms with Crippen LogP contribution in [0.4, 0.5) is 0 Å². The molecule has 0 spiro atoms. The van der Waals surface area contributed by atoms with E-state index < -0.39 is 0 Å². The lowest BCUT2D eigenvalue weighted by Gasteiger charge is -2.18. The number of benzene rings is 2. The summed E-state index contributed by atoms with van der Waals surface area (Å²) in [5, 5.41) is 2.92. The van der Waals surface area contributed by atoms with E-state index in [2.05, 4.69) is 5.32 Å². The Bertz CT molecular complexity index is 723. The Labute approximate surface area is 160 Å². The molecule has 4 nitrogen and oxygen atoms in total. The highest BCUT2D eigenvalue weighted by Crippen LogP contribution is 2.17. The SMILES string of the molecule is CCN(CC)C(=O)c1ccc(CNC(=O)CSc2ccc(C)cc2)cc1. The summed E-state index contributed by atoms with van der Waals surface area (Å²) >= 11 is 1.52. The summed E-state index contributed by atoms with van der Waals surface area (Å²) < 4.78 is 0. The van der Waals surface area contributed by atoms with Crippen LogP contribution < -0.4 is 5.32 Å². The van der Waals surface area contributed by atoms with Gasteiger partial charge in [0.05, 0.1) is 5.75 Å². The molecule has 0 bridgehead atoms. The van der Waals surface area contributed by atoms with Gasteiger partial charge in [-0.25, -0.2) is 0 Å². The Morgan fingerprint density at radius 1 is 0.962 bits per heavy atom. The molecule has 0 fully saturated rings. The first-order valence-electron chi connectivity index (χ1n) is 8.87. The summed E-state index contributed by atoms with van der Waals surface area (Å²) in [6, 6.07) is 15.6. The molecule has 0 saturated heterocycles. The van der Waals surface area contributed by atoms with Crippen molar-refractivity contribution in [3.8, 4) is 0 Å². The summed E-state index contributed by atoms with van der Waals surface area (Å²) in [5.74, 6) is 0.431. The molecule has 0 atom stereocenters. The van der Waals surface area contributed by atoms with Crippen LogP contribution in [0.2, 0.25) is 0 Å². The van der Waals surface area contributed by atoms with E-state index in [1.807, 2.05) is 69.3 Å². The monoisotopic (exact) mass is 370 g/mol. The molecule has 0 aliphatic heterocycles. The fourth-order valence-electron chi connectivity index (χ4n) is 2.49. The van der Waals surface area contributed by atoms with Crippen molar-refractivity contribution >= 4 is 23.6 Å². The van der Waals surface area contributed by atoms with E-state index in [-0.39, 0.29) is 11.8 Å². The van der Waals surface area contributed by atoms with Gasteiger partial charge in [-0.3, -0.25) is 9.59 Å². The van der Waals surface area contributed by atoms with Crippen molar-refractivity contribution in [1.29, 1.82) is 0 Å². The summed E-state index contributed by atoms with van der Waals surface area (Å²) in [4.78, 5) is 27.2. The van der Waals surface area contributed by atoms with Gasteiger partial charge in [-0.15, -0.1) is 11.8 Å². The van der Waals surface area contributed by atoms with E-state index in [4.69, 9.17) is 0 Å². The number of amides is 2. The van der Waals surface area contributed by atoms with Crippen LogP contribution in [0.5, 0.6) is 0 Å². The lowest BCUT2D eigenvalue weighted by atomic mass is 10.1. The van der Waals surface area contributed by atoms with Crippen LogP contribution >= 0.6 is 11.8 Å². The number of nitrogens with one attached hydrogen (secondary N) is 1. The Morgan fingerprint density at radius 2 is 1.58 bits per heavy atom. The van der Waals surface area contributed by atoms with Crippen molar-refractivity contribution < 1.29 is 9.59 Å². The Kier molecular flexibility index (Phi) is 7.73. The predicted octanol–water partition coefficient (Wildman–Crippen LogP) is 3.89. The minimum atomic E-state index is -0.00105. The van der Waals surface area contributed by atoms with E-state index in [1.165, 1.54) is 17.3 Å². The summed E-state index contributed by atoms with van der Waals surface area (Å²) in [7, 11) is 0. The molecule has 0 unspecified atom stereocenters. The van der Waals surface area contributed by atoms with Gasteiger partial charge in [0.1, 0.15) is 0 Å². The Hall–Kier alpha value is -2.27. The van der Waals surface area contributed by atoms with Crippen LogP contribution in [0.15, 0.2) is 53.4 Å². The third-order valence-electron chi connectivity index (χ3n) is 4.13. The van der Waals surface area contributed by atoms with Crippen molar-refractivity contribution in [1.82, 2.24) is 10.2 Å². The fraction of sp³-hybridized carbons (Fsp3) is 0.333. The van der Waals surface area contributed by atoms with Crippen molar-refractivity contribution in [3.63, 3.8) is 0 Å². The molecule has 26 heavy (non-hydrogen) atoms. The smallest absolute Gasteiger partial charge is 0.253 e. The standard InChI is InChI=1S/C21H26N2O2S/c1-4-23(5-2)21(25)18-10-8-17(9-11-18)14-22-20(24)15-26-19-12-6-16(3)7-13-19/h6-13H,4-5,14-15H2,1-3H3,(H,22,24). The first-order valence-corrected chi connectivity index (χ1v) is 9.86. The first-order chi connectivity index (χ1) is 12.5. The molecule has 1 N–H and O–H groups in total. The second-order valence-electron chi connectivity index (χ2n) is 6.05. The number of carbonyl (C=O) groups excluding carboxylic acids is 2. The number of aryl methyl sites for hydroxylation is 1. The van der Waals surface area contributed by atoms with E-state index in [9.17, 15) is 9.59 Å². The van der Waals surface area contributed by atoms with Gasteiger partial charge in [0.2, 0.25) is 5.91 Å². The molecule has 2 amide bonds. The minimum absolute atomic E-state index is 0.00105. The van der Waals surface area contributed by atoms with Crippen molar-refractivity contribution in [3.05, 3.63) is 65.2 Å². The van der Waals surface area contributed by atoms with Crippen molar-refractivity contribution in [2.75, 3.05) is 18.8 Å². The van der Waals surface area contributed by atoms with Crippen LogP contribution in [0.1, 0.15) is 35.3 Å². The van der Waals surface area contributed by atoms with Gasteiger partial charge in [0.15, 0.2) is 0 Å². The molecule has 0 aliphatic rings. The third-order valence-corrected chi connectivity index (χ3v) is 5.14. The van der Waals surface area contributed by atoms with Gasteiger partial charge in [0.25, 0.3) is 5.91 Å². The Morgan fingerprint density at radius 3 is 2.15 bits per heavy atom. The minimum Gasteiger partial charge on any atom is -0.351 e. The average Bonchev–Trinajstić information content (AvgIpc) is 2.67. The molecule has 0 saturated carbocycles. The molecule has 0 aromatic heterocycles. The number of hydrogen-bond acceptors (Lipinski definition) is 3. The van der Waals surface area contributed by atoms with Gasteiger partial charge in [0, 0.05) is 30.1 Å². The largest absolute Gasteiger partial charge is 0.351 e. The maximum absolute atomic E-state index is 12.3. The topological polar surface area (TPSA) is 49.4 Å². The van der Waals surface area contributed by atoms with Crippen LogP contribution in [0, 0.1) is 6.92 Å². The number of thioether (sulfide) groups is 1. The van der Waals surface area contributed by atoms with Gasteiger partial charge in [-0.1, -0.05) is 29.8 Å². The zero-order valence-electron chi connectivity index (χ0n) is 15.6. The highest BCUT2D eigenvalue weighted by molar-refractivity contribution is 8.00. The molecular formula is C21H26N2O2S. The van der Waals surface area contributed by atoms with E-state index in [0.29, 0.717) is 31.0 Å². The number of rotatable bonds is 8. The van der Waals surface area contributed by atoms with E-state index in [1.54, 1.807) is 4.90 Å². The zero-order chi connectivity index (χ0) is 18.9. The third kappa shape index (κ3) is 5.92. The maximum atomic E-state index is 12.3. The highest BCUT2D eigenvalue weighted by Gasteiger charge is 2.12. The van der Waals surface area contributed by atoms with Crippen molar-refractivity contribution in [2.24, 2.45) is 0 Å². The van der Waals surface area contributed by atoms with E-state index >= 15 is 0 Å². The van der Waals surface area contributed by atoms with E-state index in [0.717, 1.165) is 10.5 Å². The molecule has 138 valence electrons. The number of nitrogens with zero attached hydrogens (tertiary/aromatic N) is 1. The molecule has 0 heterocycles. The second kappa shape index (κ2) is 10.0. The molecule has 0 radical (unpaired) electrons. The fourth-order valence-corrected chi connectivity index (χ4v) is 3.22. The predicted molar refractivity (Wildman–Crippen MR) is 107 cm³/mol. The quantitative estimate of drug-likeness (QED) is 0.717. The van der Waals surface area contributed by atoms with Crippen molar-refractivity contribution in [2.45, 2.75) is 32.2 Å². The molecule has 2 rings (SSSR count). The molecule has 2 aromatic carbocycles. The first kappa shape index (κ1) is 20.0. The van der Waals surface area contributed by atoms with Gasteiger partial charge in [-0.05, 0) is 50.6 Å². The molecule has 2 aromatic rings. The maximum Gasteiger partial charge on any atom is 0.253 e. The molecule has 5 heteroatoms. The van der Waals surface area contributed by atoms with Gasteiger partial charge in [-0.2, -0.15) is 0 Å². The average molecular weight is 371 g/mol. The van der Waals surface area contributed by atoms with Gasteiger partial charge >= 0.3 is 0 Å². The summed E-state index contributed by atoms with van der Waals surface area (Å²) in [6.45, 7) is 7.85. The van der Waals surface area contributed by atoms with Crippen LogP contribution in [0.25, 0.3) is 0 Å². The van der Waals surface area contributed by atoms with Crippen LogP contribution in [-0.2, 0) is 11.3 Å². The van der Waals surface area contributed by atoms with Gasteiger partial charge < -0.3 is 10.2 Å². The Balaban J connectivity index is 1.80. The summed E-state index contributed by atoms with van der Waals surface area (Å²) in [6.07, 6.45) is 0. The molecular weight excluding hydrogens is 344 g/mol. The summed E-state index contributed by atoms with van der Waals surface area (Å²) in [5.41, 5.74) is 2.87. The number of carbonyl (C=O) groups is 2. The second-order valence-corrected chi connectivity index (χ2v) is 7.10. The van der Waals surface area contributed by atoms with Crippen LogP contribution in [-0.4, -0.2) is 35.6 Å². The zero-order valence-corrected chi connectivity index (χ0v) is 16.4. The highest BCUT2D eigenvalue weighted by atomic mass is 32.2.